The van der Waals surface area contributed by atoms with Gasteiger partial charge in [0.25, 0.3) is 0 Å². The summed E-state index contributed by atoms with van der Waals surface area (Å²) < 4.78 is 11.2. The first-order valence-electron chi connectivity index (χ1n) is 7.27. The number of amides is 1. The highest BCUT2D eigenvalue weighted by Crippen LogP contribution is 2.19. The van der Waals surface area contributed by atoms with Gasteiger partial charge < -0.3 is 14.4 Å². The molecule has 1 aromatic heterocycles. The van der Waals surface area contributed by atoms with Crippen LogP contribution >= 0.6 is 0 Å². The maximum atomic E-state index is 12.0. The van der Waals surface area contributed by atoms with E-state index in [1.807, 2.05) is 33.8 Å². The van der Waals surface area contributed by atoms with Crippen molar-refractivity contribution in [3.8, 4) is 5.88 Å². The zero-order chi connectivity index (χ0) is 15.5. The highest BCUT2D eigenvalue weighted by atomic mass is 16.6. The van der Waals surface area contributed by atoms with Crippen LogP contribution in [0.3, 0.4) is 0 Å². The lowest BCUT2D eigenvalue weighted by Crippen LogP contribution is -2.44. The zero-order valence-electron chi connectivity index (χ0n) is 13.1. The van der Waals surface area contributed by atoms with E-state index in [9.17, 15) is 4.79 Å². The summed E-state index contributed by atoms with van der Waals surface area (Å²) in [4.78, 5) is 21.8. The van der Waals surface area contributed by atoms with Crippen LogP contribution in [0, 0.1) is 6.92 Å². The Hall–Kier alpha value is -1.85. The minimum absolute atomic E-state index is 0.0815. The Morgan fingerprint density at radius 2 is 1.95 bits per heavy atom. The van der Waals surface area contributed by atoms with Crippen LogP contribution in [0.2, 0.25) is 0 Å². The minimum atomic E-state index is -0.455. The zero-order valence-corrected chi connectivity index (χ0v) is 13.1. The van der Waals surface area contributed by atoms with Crippen molar-refractivity contribution in [1.82, 2.24) is 14.9 Å². The fourth-order valence-electron chi connectivity index (χ4n) is 2.15. The monoisotopic (exact) mass is 293 g/mol. The largest absolute Gasteiger partial charge is 0.474 e. The number of nitrogens with zero attached hydrogens (tertiary/aromatic N) is 3. The molecule has 1 aromatic rings. The van der Waals surface area contributed by atoms with Gasteiger partial charge in [-0.15, -0.1) is 0 Å². The molecular formula is C15H23N3O3. The van der Waals surface area contributed by atoms with E-state index in [0.29, 0.717) is 19.0 Å². The summed E-state index contributed by atoms with van der Waals surface area (Å²) in [6, 6.07) is 1.82. The molecule has 1 amide bonds. The predicted octanol–water partition coefficient (Wildman–Crippen LogP) is 2.56. The summed E-state index contributed by atoms with van der Waals surface area (Å²) in [5, 5.41) is 0. The van der Waals surface area contributed by atoms with Crippen LogP contribution in [0.5, 0.6) is 5.88 Å². The molecule has 0 unspecified atom stereocenters. The Morgan fingerprint density at radius 3 is 2.52 bits per heavy atom. The number of piperidine rings is 1. The van der Waals surface area contributed by atoms with E-state index in [1.165, 1.54) is 6.33 Å². The highest BCUT2D eigenvalue weighted by molar-refractivity contribution is 5.68. The van der Waals surface area contributed by atoms with Crippen LogP contribution in [0.1, 0.15) is 39.3 Å². The van der Waals surface area contributed by atoms with Crippen molar-refractivity contribution in [3.63, 3.8) is 0 Å². The van der Waals surface area contributed by atoms with Gasteiger partial charge in [0.2, 0.25) is 5.88 Å². The molecule has 0 saturated carbocycles. The van der Waals surface area contributed by atoms with Gasteiger partial charge in [-0.25, -0.2) is 14.8 Å². The van der Waals surface area contributed by atoms with Crippen molar-refractivity contribution in [1.29, 1.82) is 0 Å². The number of aromatic nitrogens is 2. The van der Waals surface area contributed by atoms with E-state index in [4.69, 9.17) is 9.47 Å². The lowest BCUT2D eigenvalue weighted by atomic mass is 10.1. The normalized spacial score (nSPS) is 16.7. The number of likely N-dealkylation sites (tertiary alicyclic amines) is 1. The summed E-state index contributed by atoms with van der Waals surface area (Å²) in [7, 11) is 0. The molecule has 21 heavy (non-hydrogen) atoms. The molecule has 2 rings (SSSR count). The molecule has 6 nitrogen and oxygen atoms in total. The molecule has 0 bridgehead atoms. The second kappa shape index (κ2) is 6.28. The van der Waals surface area contributed by atoms with Crippen molar-refractivity contribution in [2.75, 3.05) is 13.1 Å². The maximum Gasteiger partial charge on any atom is 0.410 e. The summed E-state index contributed by atoms with van der Waals surface area (Å²) >= 11 is 0. The van der Waals surface area contributed by atoms with Gasteiger partial charge in [-0.1, -0.05) is 0 Å². The van der Waals surface area contributed by atoms with Crippen LogP contribution in [0.15, 0.2) is 12.4 Å². The Bertz CT molecular complexity index is 491. The summed E-state index contributed by atoms with van der Waals surface area (Å²) in [6.45, 7) is 8.81. The van der Waals surface area contributed by atoms with Crippen LogP contribution in [-0.4, -0.2) is 45.8 Å². The van der Waals surface area contributed by atoms with E-state index >= 15 is 0 Å². The number of ether oxygens (including phenoxy) is 2. The van der Waals surface area contributed by atoms with Crippen molar-refractivity contribution >= 4 is 6.09 Å². The highest BCUT2D eigenvalue weighted by Gasteiger charge is 2.27. The molecule has 1 aliphatic heterocycles. The quantitative estimate of drug-likeness (QED) is 0.838. The number of carbonyl (C=O) groups is 1. The molecule has 0 spiro atoms. The molecule has 6 heteroatoms. The summed E-state index contributed by atoms with van der Waals surface area (Å²) in [5.74, 6) is 0.596. The maximum absolute atomic E-state index is 12.0. The third-order valence-electron chi connectivity index (χ3n) is 3.16. The van der Waals surface area contributed by atoms with Gasteiger partial charge in [-0.2, -0.15) is 0 Å². The van der Waals surface area contributed by atoms with Gasteiger partial charge in [0.1, 0.15) is 18.0 Å². The average Bonchev–Trinajstić information content (AvgIpc) is 2.37. The number of hydrogen-bond donors (Lipinski definition) is 0. The van der Waals surface area contributed by atoms with Crippen molar-refractivity contribution in [2.24, 2.45) is 0 Å². The van der Waals surface area contributed by atoms with Gasteiger partial charge in [0.15, 0.2) is 0 Å². The van der Waals surface area contributed by atoms with Gasteiger partial charge in [0.05, 0.1) is 0 Å². The van der Waals surface area contributed by atoms with Crippen LogP contribution in [0.4, 0.5) is 4.79 Å². The van der Waals surface area contributed by atoms with Gasteiger partial charge in [0, 0.05) is 37.7 Å². The molecular weight excluding hydrogens is 270 g/mol. The predicted molar refractivity (Wildman–Crippen MR) is 78.2 cm³/mol. The molecule has 0 N–H and O–H groups in total. The minimum Gasteiger partial charge on any atom is -0.474 e. The smallest absolute Gasteiger partial charge is 0.410 e. The average molecular weight is 293 g/mol. The second-order valence-electron chi connectivity index (χ2n) is 6.28. The van der Waals surface area contributed by atoms with Crippen molar-refractivity contribution < 1.29 is 14.3 Å². The lowest BCUT2D eigenvalue weighted by molar-refractivity contribution is 0.0123. The Balaban J connectivity index is 1.82. The van der Waals surface area contributed by atoms with Crippen LogP contribution in [0.25, 0.3) is 0 Å². The summed E-state index contributed by atoms with van der Waals surface area (Å²) in [6.07, 6.45) is 2.89. The van der Waals surface area contributed by atoms with Gasteiger partial charge in [-0.3, -0.25) is 0 Å². The molecule has 1 saturated heterocycles. The molecule has 2 heterocycles. The molecule has 0 aromatic carbocycles. The van der Waals surface area contributed by atoms with E-state index in [-0.39, 0.29) is 12.2 Å². The van der Waals surface area contributed by atoms with Crippen LogP contribution in [-0.2, 0) is 4.74 Å². The first-order valence-corrected chi connectivity index (χ1v) is 7.27. The lowest BCUT2D eigenvalue weighted by Gasteiger charge is -2.33. The molecule has 0 radical (unpaired) electrons. The second-order valence-corrected chi connectivity index (χ2v) is 6.28. The van der Waals surface area contributed by atoms with Crippen LogP contribution < -0.4 is 4.74 Å². The summed E-state index contributed by atoms with van der Waals surface area (Å²) in [5.41, 5.74) is 0.425. The SMILES string of the molecule is Cc1cc(OC2CCN(C(=O)OC(C)(C)C)CC2)ncn1. The van der Waals surface area contributed by atoms with E-state index < -0.39 is 5.60 Å². The number of carbonyl (C=O) groups excluding carboxylic acids is 1. The number of aryl methyl sites for hydroxylation is 1. The number of rotatable bonds is 2. The van der Waals surface area contributed by atoms with Crippen molar-refractivity contribution in [3.05, 3.63) is 18.1 Å². The van der Waals surface area contributed by atoms with Crippen molar-refractivity contribution in [2.45, 2.75) is 52.2 Å². The third kappa shape index (κ3) is 4.88. The molecule has 1 aliphatic rings. The van der Waals surface area contributed by atoms with E-state index in [2.05, 4.69) is 9.97 Å². The van der Waals surface area contributed by atoms with E-state index in [0.717, 1.165) is 18.5 Å². The van der Waals surface area contributed by atoms with Gasteiger partial charge in [-0.05, 0) is 27.7 Å². The Kier molecular flexibility index (Phi) is 4.65. The standard InChI is InChI=1S/C15H23N3O3/c1-11-9-13(17-10-16-11)20-12-5-7-18(8-6-12)14(19)21-15(2,3)4/h9-10,12H,5-8H2,1-4H3. The molecule has 116 valence electrons. The molecule has 0 atom stereocenters. The fourth-order valence-corrected chi connectivity index (χ4v) is 2.15. The fraction of sp³-hybridized carbons (Fsp3) is 0.667. The van der Waals surface area contributed by atoms with Gasteiger partial charge >= 0.3 is 6.09 Å². The van der Waals surface area contributed by atoms with E-state index in [1.54, 1.807) is 4.90 Å². The Morgan fingerprint density at radius 1 is 1.29 bits per heavy atom. The number of hydrogen-bond acceptors (Lipinski definition) is 5. The molecule has 0 aliphatic carbocycles. The first-order chi connectivity index (χ1) is 9.83. The third-order valence-corrected chi connectivity index (χ3v) is 3.16. The Labute approximate surface area is 125 Å². The topological polar surface area (TPSA) is 64.5 Å². The molecule has 1 fully saturated rings. The first kappa shape index (κ1) is 15.5.